The zero-order chi connectivity index (χ0) is 22.9. The van der Waals surface area contributed by atoms with Gasteiger partial charge < -0.3 is 10.2 Å². The van der Waals surface area contributed by atoms with Crippen LogP contribution in [0.3, 0.4) is 0 Å². The van der Waals surface area contributed by atoms with Crippen LogP contribution in [0.4, 0.5) is 17.6 Å². The number of hydrogen-bond acceptors (Lipinski definition) is 3. The molecule has 0 spiro atoms. The van der Waals surface area contributed by atoms with E-state index in [1.165, 1.54) is 0 Å². The van der Waals surface area contributed by atoms with Crippen LogP contribution in [0, 0.1) is 17.8 Å². The number of ketones is 1. The van der Waals surface area contributed by atoms with Crippen LogP contribution in [0.25, 0.3) is 0 Å². The van der Waals surface area contributed by atoms with Gasteiger partial charge in [0.2, 0.25) is 5.67 Å². The quantitative estimate of drug-likeness (QED) is 0.222. The van der Waals surface area contributed by atoms with Crippen molar-refractivity contribution in [3.8, 4) is 0 Å². The zero-order valence-electron chi connectivity index (χ0n) is 17.8. The standard InChI is InChI=1S/C22H34F4O4/c1-3-4-13-21(23,22(24,25)26)19(28)12-11-16-15(2)14-18(27)17(16)9-7-5-6-8-10-20(29)30/h5,7,15-17,19,28H,3-4,6,8-14H2,1-2H3,(H,29,30)/b7-5-/t15-,16+,17-,19-,21-/m1/s1. The lowest BCUT2D eigenvalue weighted by molar-refractivity contribution is -0.263. The molecular formula is C22H34F4O4. The fourth-order valence-corrected chi connectivity index (χ4v) is 4.29. The van der Waals surface area contributed by atoms with E-state index in [2.05, 4.69) is 0 Å². The molecule has 0 aromatic heterocycles. The molecule has 174 valence electrons. The Hall–Kier alpha value is -1.44. The van der Waals surface area contributed by atoms with Gasteiger partial charge in [0.1, 0.15) is 5.78 Å². The molecule has 0 unspecified atom stereocenters. The average Bonchev–Trinajstić information content (AvgIpc) is 2.91. The van der Waals surface area contributed by atoms with Gasteiger partial charge in [-0.05, 0) is 50.4 Å². The second kappa shape index (κ2) is 11.8. The minimum Gasteiger partial charge on any atom is -0.481 e. The van der Waals surface area contributed by atoms with Crippen molar-refractivity contribution >= 4 is 11.8 Å². The lowest BCUT2D eigenvalue weighted by atomic mass is 9.81. The minimum absolute atomic E-state index is 0.0285. The highest BCUT2D eigenvalue weighted by Crippen LogP contribution is 2.44. The number of Topliss-reactive ketones (excluding diaryl/α,β-unsaturated/α-hetero) is 1. The normalized spacial score (nSPS) is 25.6. The molecule has 1 saturated carbocycles. The maximum atomic E-state index is 14.7. The number of unbranched alkanes of at least 4 members (excludes halogenated alkanes) is 2. The van der Waals surface area contributed by atoms with Gasteiger partial charge in [0.25, 0.3) is 0 Å². The number of rotatable bonds is 13. The predicted molar refractivity (Wildman–Crippen MR) is 106 cm³/mol. The number of allylic oxidation sites excluding steroid dienone is 2. The van der Waals surface area contributed by atoms with Crippen molar-refractivity contribution in [2.45, 2.75) is 96.0 Å². The molecule has 1 rings (SSSR count). The van der Waals surface area contributed by atoms with E-state index in [-0.39, 0.29) is 49.2 Å². The molecular weight excluding hydrogens is 404 g/mol. The van der Waals surface area contributed by atoms with Gasteiger partial charge in [-0.3, -0.25) is 9.59 Å². The molecule has 30 heavy (non-hydrogen) atoms. The second-order valence-corrected chi connectivity index (χ2v) is 8.47. The summed E-state index contributed by atoms with van der Waals surface area (Å²) in [4.78, 5) is 22.8. The van der Waals surface area contributed by atoms with Crippen LogP contribution >= 0.6 is 0 Å². The van der Waals surface area contributed by atoms with Crippen LogP contribution in [0.5, 0.6) is 0 Å². The smallest absolute Gasteiger partial charge is 0.425 e. The first-order chi connectivity index (χ1) is 13.9. The van der Waals surface area contributed by atoms with Crippen LogP contribution in [-0.2, 0) is 9.59 Å². The number of carboxylic acids is 1. The Morgan fingerprint density at radius 2 is 1.90 bits per heavy atom. The Labute approximate surface area is 175 Å². The number of hydrogen-bond donors (Lipinski definition) is 2. The molecule has 1 fully saturated rings. The van der Waals surface area contributed by atoms with Crippen molar-refractivity contribution in [3.05, 3.63) is 12.2 Å². The van der Waals surface area contributed by atoms with Gasteiger partial charge in [-0.15, -0.1) is 0 Å². The maximum Gasteiger partial charge on any atom is 0.425 e. The molecule has 0 heterocycles. The molecule has 8 heteroatoms. The molecule has 0 aliphatic heterocycles. The van der Waals surface area contributed by atoms with Gasteiger partial charge in [0.15, 0.2) is 0 Å². The lowest BCUT2D eigenvalue weighted by Crippen LogP contribution is -2.51. The van der Waals surface area contributed by atoms with Crippen molar-refractivity contribution in [1.82, 2.24) is 0 Å². The molecule has 0 aromatic rings. The molecule has 5 atom stereocenters. The number of aliphatic hydroxyl groups excluding tert-OH is 1. The van der Waals surface area contributed by atoms with E-state index in [0.29, 0.717) is 32.1 Å². The SMILES string of the molecule is CCCC[C@@](F)([C@H](O)CC[C@H]1[C@H](C)CC(=O)[C@@H]1C/C=C\CCCC(=O)O)C(F)(F)F. The number of carbonyl (C=O) groups is 2. The fourth-order valence-electron chi connectivity index (χ4n) is 4.29. The summed E-state index contributed by atoms with van der Waals surface area (Å²) in [6.07, 6.45) is -2.35. The highest BCUT2D eigenvalue weighted by Gasteiger charge is 2.59. The molecule has 0 radical (unpaired) electrons. The van der Waals surface area contributed by atoms with Crippen LogP contribution in [0.15, 0.2) is 12.2 Å². The van der Waals surface area contributed by atoms with E-state index in [1.54, 1.807) is 6.92 Å². The monoisotopic (exact) mass is 438 g/mol. The van der Waals surface area contributed by atoms with Gasteiger partial charge in [-0.2, -0.15) is 13.2 Å². The average molecular weight is 439 g/mol. The zero-order valence-corrected chi connectivity index (χ0v) is 17.8. The number of aliphatic carboxylic acids is 1. The first-order valence-electron chi connectivity index (χ1n) is 10.8. The molecule has 0 amide bonds. The molecule has 0 aromatic carbocycles. The molecule has 1 aliphatic rings. The number of alkyl halides is 4. The van der Waals surface area contributed by atoms with E-state index in [0.717, 1.165) is 0 Å². The van der Waals surface area contributed by atoms with Crippen LogP contribution < -0.4 is 0 Å². The fraction of sp³-hybridized carbons (Fsp3) is 0.818. The van der Waals surface area contributed by atoms with Crippen LogP contribution in [-0.4, -0.2) is 39.9 Å². The summed E-state index contributed by atoms with van der Waals surface area (Å²) in [5, 5.41) is 18.7. The Morgan fingerprint density at radius 3 is 2.47 bits per heavy atom. The Bertz CT molecular complexity index is 590. The second-order valence-electron chi connectivity index (χ2n) is 8.47. The van der Waals surface area contributed by atoms with Gasteiger partial charge in [0, 0.05) is 18.8 Å². The third-order valence-corrected chi connectivity index (χ3v) is 6.17. The van der Waals surface area contributed by atoms with Crippen molar-refractivity contribution in [2.75, 3.05) is 0 Å². The highest BCUT2D eigenvalue weighted by atomic mass is 19.4. The van der Waals surface area contributed by atoms with Gasteiger partial charge in [-0.25, -0.2) is 4.39 Å². The summed E-state index contributed by atoms with van der Waals surface area (Å²) in [6, 6.07) is 0. The van der Waals surface area contributed by atoms with Gasteiger partial charge >= 0.3 is 12.1 Å². The van der Waals surface area contributed by atoms with Crippen molar-refractivity contribution in [3.63, 3.8) is 0 Å². The first-order valence-corrected chi connectivity index (χ1v) is 10.8. The molecule has 4 nitrogen and oxygen atoms in total. The maximum absolute atomic E-state index is 14.7. The largest absolute Gasteiger partial charge is 0.481 e. The topological polar surface area (TPSA) is 74.6 Å². The highest BCUT2D eigenvalue weighted by molar-refractivity contribution is 5.84. The number of aliphatic hydroxyl groups is 1. The summed E-state index contributed by atoms with van der Waals surface area (Å²) < 4.78 is 54.5. The third-order valence-electron chi connectivity index (χ3n) is 6.17. The Kier molecular flexibility index (Phi) is 10.5. The number of carboxylic acid groups (broad SMARTS) is 1. The molecule has 2 N–H and O–H groups in total. The van der Waals surface area contributed by atoms with Crippen LogP contribution in [0.2, 0.25) is 0 Å². The predicted octanol–water partition coefficient (Wildman–Crippen LogP) is 5.63. The summed E-state index contributed by atoms with van der Waals surface area (Å²) in [5.74, 6) is -1.45. The summed E-state index contributed by atoms with van der Waals surface area (Å²) in [6.45, 7) is 3.52. The van der Waals surface area contributed by atoms with E-state index in [9.17, 15) is 32.3 Å². The van der Waals surface area contributed by atoms with Gasteiger partial charge in [0.05, 0.1) is 6.10 Å². The van der Waals surface area contributed by atoms with Crippen LogP contribution in [0.1, 0.15) is 78.1 Å². The lowest BCUT2D eigenvalue weighted by Gasteiger charge is -2.33. The summed E-state index contributed by atoms with van der Waals surface area (Å²) in [7, 11) is 0. The minimum atomic E-state index is -5.14. The summed E-state index contributed by atoms with van der Waals surface area (Å²) in [5.41, 5.74) is -3.63. The van der Waals surface area contributed by atoms with Crippen molar-refractivity contribution in [2.24, 2.45) is 17.8 Å². The van der Waals surface area contributed by atoms with E-state index < -0.39 is 30.3 Å². The molecule has 1 aliphatic carbocycles. The van der Waals surface area contributed by atoms with E-state index in [4.69, 9.17) is 5.11 Å². The number of carbonyl (C=O) groups excluding carboxylic acids is 1. The first kappa shape index (κ1) is 26.6. The Balaban J connectivity index is 2.70. The van der Waals surface area contributed by atoms with E-state index in [1.807, 2.05) is 19.1 Å². The van der Waals surface area contributed by atoms with E-state index >= 15 is 0 Å². The van der Waals surface area contributed by atoms with Gasteiger partial charge in [-0.1, -0.05) is 38.8 Å². The Morgan fingerprint density at radius 1 is 1.23 bits per heavy atom. The summed E-state index contributed by atoms with van der Waals surface area (Å²) >= 11 is 0. The third kappa shape index (κ3) is 7.36. The number of halogens is 4. The van der Waals surface area contributed by atoms with Crippen molar-refractivity contribution < 1.29 is 37.4 Å². The molecule has 0 saturated heterocycles. The van der Waals surface area contributed by atoms with Crippen molar-refractivity contribution in [1.29, 1.82) is 0 Å². The molecule has 0 bridgehead atoms.